The molecule has 0 saturated heterocycles. The largest absolute Gasteiger partial charge is 0.357 e. The van der Waals surface area contributed by atoms with Crippen molar-refractivity contribution < 1.29 is 8.42 Å². The molecule has 31 heavy (non-hydrogen) atoms. The van der Waals surface area contributed by atoms with E-state index in [0.717, 1.165) is 17.1 Å². The minimum atomic E-state index is -3.59. The number of benzene rings is 1. The van der Waals surface area contributed by atoms with Crippen LogP contribution in [0.25, 0.3) is 11.3 Å². The summed E-state index contributed by atoms with van der Waals surface area (Å²) in [7, 11) is -1.68. The van der Waals surface area contributed by atoms with Gasteiger partial charge in [0.25, 0.3) is 0 Å². The second kappa shape index (κ2) is 10.7. The van der Waals surface area contributed by atoms with Crippen molar-refractivity contribution in [3.63, 3.8) is 0 Å². The normalized spacial score (nSPS) is 12.0. The summed E-state index contributed by atoms with van der Waals surface area (Å²) in [6, 6.07) is 13.1. The number of aromatic amines is 1. The Bertz CT molecular complexity index is 1080. The molecule has 3 N–H and O–H groups in total. The predicted octanol–water partition coefficient (Wildman–Crippen LogP) is 1.85. The van der Waals surface area contributed by atoms with Crippen molar-refractivity contribution in [3.8, 4) is 11.3 Å². The van der Waals surface area contributed by atoms with Gasteiger partial charge in [0, 0.05) is 32.5 Å². The summed E-state index contributed by atoms with van der Waals surface area (Å²) in [4.78, 5) is 18.2. The lowest BCUT2D eigenvalue weighted by atomic mass is 10.2. The molecular formula is C21H27N7O2S. The number of hydrogen-bond acceptors (Lipinski definition) is 5. The first-order valence-corrected chi connectivity index (χ1v) is 11.5. The molecule has 0 unspecified atom stereocenters. The van der Waals surface area contributed by atoms with Gasteiger partial charge < -0.3 is 15.2 Å². The van der Waals surface area contributed by atoms with Gasteiger partial charge in [-0.2, -0.15) is 0 Å². The maximum absolute atomic E-state index is 12.3. The second-order valence-electron chi connectivity index (χ2n) is 6.79. The SMILES string of the molecule is CCNC(=NCCNS(=O)(=O)c1cccnc1)N(C)Cc1ncc(-c2ccccc2)[nH]1. The first kappa shape index (κ1) is 22.4. The molecule has 0 spiro atoms. The fourth-order valence-electron chi connectivity index (χ4n) is 2.91. The second-order valence-corrected chi connectivity index (χ2v) is 8.55. The van der Waals surface area contributed by atoms with E-state index in [2.05, 4.69) is 30.0 Å². The van der Waals surface area contributed by atoms with Gasteiger partial charge >= 0.3 is 0 Å². The van der Waals surface area contributed by atoms with Crippen molar-refractivity contribution in [1.29, 1.82) is 0 Å². The fourth-order valence-corrected chi connectivity index (χ4v) is 3.89. The molecule has 0 fully saturated rings. The molecule has 0 bridgehead atoms. The molecule has 0 radical (unpaired) electrons. The van der Waals surface area contributed by atoms with Crippen molar-refractivity contribution in [1.82, 2.24) is 29.9 Å². The van der Waals surface area contributed by atoms with Gasteiger partial charge in [-0.25, -0.2) is 18.1 Å². The van der Waals surface area contributed by atoms with E-state index in [9.17, 15) is 8.42 Å². The van der Waals surface area contributed by atoms with E-state index in [1.54, 1.807) is 6.07 Å². The molecule has 3 aromatic rings. The van der Waals surface area contributed by atoms with Gasteiger partial charge in [-0.3, -0.25) is 9.98 Å². The minimum Gasteiger partial charge on any atom is -0.357 e. The number of nitrogens with one attached hydrogen (secondary N) is 3. The topological polar surface area (TPSA) is 115 Å². The molecular weight excluding hydrogens is 414 g/mol. The van der Waals surface area contributed by atoms with Crippen molar-refractivity contribution in [3.05, 3.63) is 66.9 Å². The highest BCUT2D eigenvalue weighted by Gasteiger charge is 2.13. The van der Waals surface area contributed by atoms with E-state index < -0.39 is 10.0 Å². The van der Waals surface area contributed by atoms with Crippen molar-refractivity contribution in [2.45, 2.75) is 18.4 Å². The summed E-state index contributed by atoms with van der Waals surface area (Å²) in [6.45, 7) is 3.67. The standard InChI is InChI=1S/C21H27N7O2S/c1-3-23-21(24-12-13-26-31(29,30)18-10-7-11-22-14-18)28(2)16-20-25-15-19(27-20)17-8-5-4-6-9-17/h4-11,14-15,26H,3,12-13,16H2,1-2H3,(H,23,24)(H,25,27). The molecule has 0 amide bonds. The highest BCUT2D eigenvalue weighted by Crippen LogP contribution is 2.16. The fraction of sp³-hybridized carbons (Fsp3) is 0.286. The summed E-state index contributed by atoms with van der Waals surface area (Å²) in [5, 5.41) is 3.22. The van der Waals surface area contributed by atoms with Gasteiger partial charge in [0.1, 0.15) is 10.7 Å². The molecule has 0 saturated carbocycles. The van der Waals surface area contributed by atoms with Crippen LogP contribution in [0.3, 0.4) is 0 Å². The number of imidazole rings is 1. The third kappa shape index (κ3) is 6.37. The predicted molar refractivity (Wildman–Crippen MR) is 121 cm³/mol. The third-order valence-corrected chi connectivity index (χ3v) is 5.85. The Morgan fingerprint density at radius 1 is 1.16 bits per heavy atom. The summed E-state index contributed by atoms with van der Waals surface area (Å²) < 4.78 is 27.1. The van der Waals surface area contributed by atoms with Crippen LogP contribution in [0.1, 0.15) is 12.7 Å². The molecule has 2 aromatic heterocycles. The van der Waals surface area contributed by atoms with E-state index in [0.29, 0.717) is 25.6 Å². The molecule has 1 aromatic carbocycles. The number of pyridine rings is 1. The number of guanidine groups is 1. The number of aliphatic imine (C=N–C) groups is 1. The van der Waals surface area contributed by atoms with Gasteiger partial charge in [0.15, 0.2) is 5.96 Å². The summed E-state index contributed by atoms with van der Waals surface area (Å²) in [5.41, 5.74) is 2.03. The molecule has 0 aliphatic heterocycles. The Labute approximate surface area is 182 Å². The first-order chi connectivity index (χ1) is 15.0. The van der Waals surface area contributed by atoms with Crippen LogP contribution in [-0.2, 0) is 16.6 Å². The Morgan fingerprint density at radius 2 is 1.97 bits per heavy atom. The zero-order valence-electron chi connectivity index (χ0n) is 17.6. The molecule has 164 valence electrons. The van der Waals surface area contributed by atoms with Gasteiger partial charge in [0.05, 0.1) is 25.0 Å². The molecule has 2 heterocycles. The molecule has 10 heteroatoms. The number of aromatic nitrogens is 3. The highest BCUT2D eigenvalue weighted by molar-refractivity contribution is 7.89. The smallest absolute Gasteiger partial charge is 0.242 e. The van der Waals surface area contributed by atoms with Crippen molar-refractivity contribution in [2.24, 2.45) is 4.99 Å². The Morgan fingerprint density at radius 3 is 2.68 bits per heavy atom. The quantitative estimate of drug-likeness (QED) is 0.265. The third-order valence-electron chi connectivity index (χ3n) is 4.41. The molecule has 0 aliphatic carbocycles. The average Bonchev–Trinajstić information content (AvgIpc) is 3.25. The lowest BCUT2D eigenvalue weighted by Gasteiger charge is -2.21. The molecule has 0 atom stereocenters. The average molecular weight is 442 g/mol. The van der Waals surface area contributed by atoms with Crippen molar-refractivity contribution >= 4 is 16.0 Å². The minimum absolute atomic E-state index is 0.134. The Hall–Kier alpha value is -3.24. The molecule has 0 aliphatic rings. The van der Waals surface area contributed by atoms with E-state index in [4.69, 9.17) is 0 Å². The maximum atomic E-state index is 12.3. The van der Waals surface area contributed by atoms with E-state index >= 15 is 0 Å². The van der Waals surface area contributed by atoms with Crippen molar-refractivity contribution in [2.75, 3.05) is 26.7 Å². The lowest BCUT2D eigenvalue weighted by Crippen LogP contribution is -2.39. The number of nitrogens with zero attached hydrogens (tertiary/aromatic N) is 4. The zero-order valence-corrected chi connectivity index (χ0v) is 18.4. The van der Waals surface area contributed by atoms with Crippen LogP contribution in [0.2, 0.25) is 0 Å². The van der Waals surface area contributed by atoms with E-state index in [-0.39, 0.29) is 11.4 Å². The highest BCUT2D eigenvalue weighted by atomic mass is 32.2. The van der Waals surface area contributed by atoms with Gasteiger partial charge in [-0.05, 0) is 24.6 Å². The number of rotatable bonds is 9. The Balaban J connectivity index is 1.58. The number of hydrogen-bond donors (Lipinski definition) is 3. The number of H-pyrrole nitrogens is 1. The first-order valence-electron chi connectivity index (χ1n) is 9.98. The van der Waals surface area contributed by atoms with Crippen LogP contribution in [0.15, 0.2) is 70.9 Å². The summed E-state index contributed by atoms with van der Waals surface area (Å²) in [5.74, 6) is 1.48. The monoisotopic (exact) mass is 441 g/mol. The van der Waals surface area contributed by atoms with Gasteiger partial charge in [-0.1, -0.05) is 30.3 Å². The van der Waals surface area contributed by atoms with E-state index in [1.807, 2.05) is 55.4 Å². The van der Waals surface area contributed by atoms with Crippen LogP contribution in [0.4, 0.5) is 0 Å². The van der Waals surface area contributed by atoms with Crippen LogP contribution in [0.5, 0.6) is 0 Å². The van der Waals surface area contributed by atoms with Crippen LogP contribution >= 0.6 is 0 Å². The maximum Gasteiger partial charge on any atom is 0.242 e. The van der Waals surface area contributed by atoms with Gasteiger partial charge in [0.2, 0.25) is 10.0 Å². The Kier molecular flexibility index (Phi) is 7.74. The molecule has 3 rings (SSSR count). The zero-order chi connectivity index (χ0) is 22.1. The lowest BCUT2D eigenvalue weighted by molar-refractivity contribution is 0.464. The van der Waals surface area contributed by atoms with Crippen LogP contribution in [-0.4, -0.2) is 60.9 Å². The van der Waals surface area contributed by atoms with Gasteiger partial charge in [-0.15, -0.1) is 0 Å². The van der Waals surface area contributed by atoms with Crippen LogP contribution < -0.4 is 10.0 Å². The van der Waals surface area contributed by atoms with Crippen LogP contribution in [0, 0.1) is 0 Å². The summed E-state index contributed by atoms with van der Waals surface area (Å²) in [6.07, 6.45) is 4.66. The number of sulfonamides is 1. The summed E-state index contributed by atoms with van der Waals surface area (Å²) >= 11 is 0. The molecule has 9 nitrogen and oxygen atoms in total. The van der Waals surface area contributed by atoms with E-state index in [1.165, 1.54) is 18.5 Å².